The molecule has 0 radical (unpaired) electrons. The molecule has 0 aliphatic rings. The first-order valence-corrected chi connectivity index (χ1v) is 11.7. The summed E-state index contributed by atoms with van der Waals surface area (Å²) in [5.74, 6) is 2.64. The van der Waals surface area contributed by atoms with Gasteiger partial charge in [-0.25, -0.2) is 0 Å². The monoisotopic (exact) mass is 430 g/mol. The maximum atomic E-state index is 12.1. The van der Waals surface area contributed by atoms with Crippen LogP contribution in [0.25, 0.3) is 0 Å². The lowest BCUT2D eigenvalue weighted by Crippen LogP contribution is -2.34. The smallest absolute Gasteiger partial charge is 0.232 e. The Morgan fingerprint density at radius 1 is 1.14 bits per heavy atom. The molecule has 1 atom stereocenters. The molecule has 1 unspecified atom stereocenters. The number of thioether (sulfide) groups is 2. The van der Waals surface area contributed by atoms with E-state index >= 15 is 0 Å². The number of carbonyl (C=O) groups is 1. The largest absolute Gasteiger partial charge is 0.497 e. The normalized spacial score (nSPS) is 11.6. The van der Waals surface area contributed by atoms with Crippen molar-refractivity contribution in [2.75, 3.05) is 31.3 Å². The van der Waals surface area contributed by atoms with Gasteiger partial charge in [-0.1, -0.05) is 36.4 Å². The van der Waals surface area contributed by atoms with Gasteiger partial charge in [-0.3, -0.25) is 4.79 Å². The van der Waals surface area contributed by atoms with Gasteiger partial charge < -0.3 is 15.4 Å². The summed E-state index contributed by atoms with van der Waals surface area (Å²) >= 11 is 3.40. The van der Waals surface area contributed by atoms with Gasteiger partial charge in [0.1, 0.15) is 5.75 Å². The molecule has 2 N–H and O–H groups in total. The summed E-state index contributed by atoms with van der Waals surface area (Å²) in [6, 6.07) is 16.4. The van der Waals surface area contributed by atoms with E-state index in [2.05, 4.69) is 41.5 Å². The highest BCUT2D eigenvalue weighted by molar-refractivity contribution is 8.00. The molecule has 0 heterocycles. The van der Waals surface area contributed by atoms with E-state index < -0.39 is 0 Å². The lowest BCUT2D eigenvalue weighted by atomic mass is 10.2. The summed E-state index contributed by atoms with van der Waals surface area (Å²) in [4.78, 5) is 13.3. The van der Waals surface area contributed by atoms with Crippen LogP contribution in [0, 0.1) is 0 Å². The number of hydrogen-bond acceptors (Lipinski definition) is 5. The molecule has 0 saturated heterocycles. The van der Waals surface area contributed by atoms with Gasteiger partial charge in [0.25, 0.3) is 0 Å². The van der Waals surface area contributed by atoms with Crippen molar-refractivity contribution < 1.29 is 9.53 Å². The Bertz CT molecular complexity index is 794. The molecule has 0 spiro atoms. The molecule has 0 fully saturated rings. The number of methoxy groups -OCH3 is 1. The average molecular weight is 431 g/mol. The molecule has 156 valence electrons. The van der Waals surface area contributed by atoms with Gasteiger partial charge in [0.15, 0.2) is 0 Å². The van der Waals surface area contributed by atoms with E-state index in [0.717, 1.165) is 28.5 Å². The summed E-state index contributed by atoms with van der Waals surface area (Å²) < 4.78 is 5.21. The molecule has 2 aromatic carbocycles. The molecule has 1 amide bonds. The number of rotatable bonds is 12. The topological polar surface area (TPSA) is 50.4 Å². The summed E-state index contributed by atoms with van der Waals surface area (Å²) in [5, 5.41) is 6.36. The van der Waals surface area contributed by atoms with Crippen molar-refractivity contribution in [1.82, 2.24) is 5.32 Å². The van der Waals surface area contributed by atoms with Crippen LogP contribution in [0.15, 0.2) is 65.6 Å². The highest BCUT2D eigenvalue weighted by atomic mass is 32.2. The van der Waals surface area contributed by atoms with Gasteiger partial charge in [-0.2, -0.15) is 0 Å². The van der Waals surface area contributed by atoms with Crippen molar-refractivity contribution in [3.8, 4) is 5.75 Å². The van der Waals surface area contributed by atoms with Gasteiger partial charge in [-0.15, -0.1) is 23.5 Å². The molecule has 0 aromatic heterocycles. The molecule has 2 aromatic rings. The van der Waals surface area contributed by atoms with Crippen LogP contribution in [-0.2, 0) is 10.5 Å². The molecular weight excluding hydrogens is 400 g/mol. The number of amides is 1. The zero-order chi connectivity index (χ0) is 21.1. The van der Waals surface area contributed by atoms with Crippen LogP contribution in [0.1, 0.15) is 19.4 Å². The molecule has 2 rings (SSSR count). The van der Waals surface area contributed by atoms with Crippen molar-refractivity contribution in [2.45, 2.75) is 29.7 Å². The quantitative estimate of drug-likeness (QED) is 0.275. The van der Waals surface area contributed by atoms with Crippen molar-refractivity contribution in [3.63, 3.8) is 0 Å². The van der Waals surface area contributed by atoms with Crippen molar-refractivity contribution in [3.05, 3.63) is 66.2 Å². The molecular formula is C23H30N2O2S2. The highest BCUT2D eigenvalue weighted by Crippen LogP contribution is 2.30. The predicted molar refractivity (Wildman–Crippen MR) is 127 cm³/mol. The van der Waals surface area contributed by atoms with Gasteiger partial charge in [0, 0.05) is 35.2 Å². The van der Waals surface area contributed by atoms with Gasteiger partial charge in [-0.05, 0) is 43.7 Å². The Kier molecular flexibility index (Phi) is 10.0. The standard InChI is InChI=1S/C23H30N2O2S2/c1-17(2)15-28-18(3)23(26)25-14-13-24-21-7-5-6-8-22(21)29-16-19-9-11-20(27-4)12-10-19/h5-12,18,24H,1,13-16H2,2-4H3,(H,25,26). The maximum Gasteiger partial charge on any atom is 0.232 e. The van der Waals surface area contributed by atoms with Crippen LogP contribution in [-0.4, -0.2) is 37.1 Å². The minimum atomic E-state index is -0.0703. The molecule has 0 aliphatic heterocycles. The fourth-order valence-electron chi connectivity index (χ4n) is 2.49. The number of benzene rings is 2. The average Bonchev–Trinajstić information content (AvgIpc) is 2.74. The molecule has 29 heavy (non-hydrogen) atoms. The van der Waals surface area contributed by atoms with E-state index in [1.54, 1.807) is 30.6 Å². The number of hydrogen-bond donors (Lipinski definition) is 2. The Hall–Kier alpha value is -2.05. The second-order valence-electron chi connectivity index (χ2n) is 6.76. The van der Waals surface area contributed by atoms with Crippen molar-refractivity contribution in [1.29, 1.82) is 0 Å². The van der Waals surface area contributed by atoms with Crippen LogP contribution in [0.4, 0.5) is 5.69 Å². The second kappa shape index (κ2) is 12.5. The Morgan fingerprint density at radius 2 is 1.86 bits per heavy atom. The van der Waals surface area contributed by atoms with Crippen LogP contribution in [0.5, 0.6) is 5.75 Å². The maximum absolute atomic E-state index is 12.1. The minimum absolute atomic E-state index is 0.0696. The lowest BCUT2D eigenvalue weighted by Gasteiger charge is -2.14. The number of nitrogens with one attached hydrogen (secondary N) is 2. The third-order valence-corrected chi connectivity index (χ3v) is 6.65. The summed E-state index contributed by atoms with van der Waals surface area (Å²) in [7, 11) is 1.68. The highest BCUT2D eigenvalue weighted by Gasteiger charge is 2.12. The van der Waals surface area contributed by atoms with E-state index in [9.17, 15) is 4.79 Å². The van der Waals surface area contributed by atoms with E-state index in [1.807, 2.05) is 38.1 Å². The Balaban J connectivity index is 1.78. The molecule has 0 saturated carbocycles. The van der Waals surface area contributed by atoms with E-state index in [4.69, 9.17) is 4.74 Å². The minimum Gasteiger partial charge on any atom is -0.497 e. The molecule has 0 bridgehead atoms. The Morgan fingerprint density at radius 3 is 2.55 bits per heavy atom. The first-order valence-electron chi connectivity index (χ1n) is 9.62. The first-order chi connectivity index (χ1) is 14.0. The fourth-order valence-corrected chi connectivity index (χ4v) is 4.25. The number of anilines is 1. The van der Waals surface area contributed by atoms with Crippen molar-refractivity contribution >= 4 is 35.1 Å². The summed E-state index contributed by atoms with van der Waals surface area (Å²) in [6.07, 6.45) is 0. The lowest BCUT2D eigenvalue weighted by molar-refractivity contribution is -0.120. The van der Waals surface area contributed by atoms with Gasteiger partial charge >= 0.3 is 0 Å². The van der Waals surface area contributed by atoms with E-state index in [1.165, 1.54) is 10.5 Å². The van der Waals surface area contributed by atoms with E-state index in [-0.39, 0.29) is 11.2 Å². The number of carbonyl (C=O) groups excluding carboxylic acids is 1. The SMILES string of the molecule is C=C(C)CSC(C)C(=O)NCCNc1ccccc1SCc1ccc(OC)cc1. The third-order valence-electron chi connectivity index (χ3n) is 4.13. The molecule has 6 heteroatoms. The van der Waals surface area contributed by atoms with Gasteiger partial charge in [0.2, 0.25) is 5.91 Å². The fraction of sp³-hybridized carbons (Fsp3) is 0.348. The third kappa shape index (κ3) is 8.46. The van der Waals surface area contributed by atoms with Crippen LogP contribution >= 0.6 is 23.5 Å². The first kappa shape index (κ1) is 23.2. The van der Waals surface area contributed by atoms with Crippen LogP contribution in [0.3, 0.4) is 0 Å². The zero-order valence-corrected chi connectivity index (χ0v) is 19.0. The Labute approximate surface area is 182 Å². The second-order valence-corrected chi connectivity index (χ2v) is 9.11. The zero-order valence-electron chi connectivity index (χ0n) is 17.4. The van der Waals surface area contributed by atoms with Crippen LogP contribution in [0.2, 0.25) is 0 Å². The molecule has 4 nitrogen and oxygen atoms in total. The van der Waals surface area contributed by atoms with Crippen molar-refractivity contribution in [2.24, 2.45) is 0 Å². The summed E-state index contributed by atoms with van der Waals surface area (Å²) in [5.41, 5.74) is 3.42. The van der Waals surface area contributed by atoms with Crippen LogP contribution < -0.4 is 15.4 Å². The number of para-hydroxylation sites is 1. The number of ether oxygens (including phenoxy) is 1. The molecule has 0 aliphatic carbocycles. The summed E-state index contributed by atoms with van der Waals surface area (Å²) in [6.45, 7) is 9.06. The van der Waals surface area contributed by atoms with E-state index in [0.29, 0.717) is 13.1 Å². The predicted octanol–water partition coefficient (Wildman–Crippen LogP) is 5.21. The van der Waals surface area contributed by atoms with Gasteiger partial charge in [0.05, 0.1) is 12.4 Å².